The molecule has 0 fully saturated rings. The van der Waals surface area contributed by atoms with E-state index in [1.54, 1.807) is 30.3 Å². The van der Waals surface area contributed by atoms with Crippen molar-refractivity contribution in [2.24, 2.45) is 0 Å². The van der Waals surface area contributed by atoms with E-state index in [-0.39, 0.29) is 11.8 Å². The second-order valence-corrected chi connectivity index (χ2v) is 8.80. The zero-order valence-corrected chi connectivity index (χ0v) is 20.2. The van der Waals surface area contributed by atoms with Gasteiger partial charge in [0.1, 0.15) is 0 Å². The molecule has 4 nitrogen and oxygen atoms in total. The Morgan fingerprint density at radius 2 is 1.32 bits per heavy atom. The van der Waals surface area contributed by atoms with Crippen LogP contribution < -0.4 is 10.6 Å². The molecule has 31 heavy (non-hydrogen) atoms. The number of benzene rings is 2. The molecule has 0 aliphatic carbocycles. The molecule has 0 radical (unpaired) electrons. The Labute approximate surface area is 195 Å². The maximum Gasteiger partial charge on any atom is 0.256 e. The molecule has 2 amide bonds. The summed E-state index contributed by atoms with van der Waals surface area (Å²) in [5.41, 5.74) is 1.83. The fraction of sp³-hybridized carbons (Fsp3) is 0.462. The van der Waals surface area contributed by atoms with E-state index >= 15 is 0 Å². The average Bonchev–Trinajstić information content (AvgIpc) is 2.78. The molecular weight excluding hydrogens is 452 g/mol. The van der Waals surface area contributed by atoms with Crippen LogP contribution in [0.3, 0.4) is 0 Å². The lowest BCUT2D eigenvalue weighted by molar-refractivity contribution is 0.0952. The number of hydrogen-bond acceptors (Lipinski definition) is 2. The highest BCUT2D eigenvalue weighted by molar-refractivity contribution is 9.10. The smallest absolute Gasteiger partial charge is 0.256 e. The minimum absolute atomic E-state index is 0.0698. The lowest BCUT2D eigenvalue weighted by atomic mass is 10.1. The maximum atomic E-state index is 12.4. The maximum absolute atomic E-state index is 12.4. The van der Waals surface area contributed by atoms with E-state index in [0.717, 1.165) is 17.3 Å². The van der Waals surface area contributed by atoms with Crippen molar-refractivity contribution in [1.29, 1.82) is 0 Å². The summed E-state index contributed by atoms with van der Waals surface area (Å²) in [7, 11) is 0. The first kappa shape index (κ1) is 25.1. The molecule has 2 N–H and O–H groups in total. The van der Waals surface area contributed by atoms with Gasteiger partial charge in [0.05, 0.1) is 5.56 Å². The monoisotopic (exact) mass is 486 g/mol. The highest BCUT2D eigenvalue weighted by atomic mass is 79.9. The van der Waals surface area contributed by atoms with Gasteiger partial charge in [-0.3, -0.25) is 9.59 Å². The number of amides is 2. The predicted octanol–water partition coefficient (Wildman–Crippen LogP) is 7.35. The van der Waals surface area contributed by atoms with Crippen LogP contribution in [0, 0.1) is 0 Å². The molecule has 2 aromatic carbocycles. The fourth-order valence-corrected chi connectivity index (χ4v) is 3.93. The number of carbonyl (C=O) groups excluding carboxylic acids is 2. The van der Waals surface area contributed by atoms with Crippen LogP contribution in [-0.4, -0.2) is 18.4 Å². The molecule has 0 heterocycles. The van der Waals surface area contributed by atoms with Gasteiger partial charge in [0, 0.05) is 22.3 Å². The number of anilines is 1. The van der Waals surface area contributed by atoms with Gasteiger partial charge in [-0.1, -0.05) is 76.8 Å². The molecule has 0 aliphatic rings. The Bertz CT molecular complexity index is 805. The third-order valence-electron chi connectivity index (χ3n) is 5.34. The van der Waals surface area contributed by atoms with Crippen LogP contribution in [-0.2, 0) is 0 Å². The van der Waals surface area contributed by atoms with Crippen LogP contribution in [0.2, 0.25) is 0 Å². The Hall–Kier alpha value is -2.14. The number of carbonyl (C=O) groups is 2. The molecule has 0 aromatic heterocycles. The Morgan fingerprint density at radius 1 is 0.742 bits per heavy atom. The van der Waals surface area contributed by atoms with Crippen molar-refractivity contribution in [2.45, 2.75) is 71.1 Å². The molecule has 5 heteroatoms. The Morgan fingerprint density at radius 3 is 1.94 bits per heavy atom. The van der Waals surface area contributed by atoms with Gasteiger partial charge in [-0.25, -0.2) is 0 Å². The van der Waals surface area contributed by atoms with Gasteiger partial charge in [0.25, 0.3) is 11.8 Å². The van der Waals surface area contributed by atoms with Crippen molar-refractivity contribution in [2.75, 3.05) is 11.9 Å². The molecular formula is C26H35BrN2O2. The first-order valence-electron chi connectivity index (χ1n) is 11.6. The topological polar surface area (TPSA) is 58.2 Å². The van der Waals surface area contributed by atoms with E-state index in [0.29, 0.717) is 23.4 Å². The summed E-state index contributed by atoms with van der Waals surface area (Å²) in [5, 5.41) is 5.84. The molecule has 0 atom stereocenters. The quantitative estimate of drug-likeness (QED) is 0.274. The van der Waals surface area contributed by atoms with Gasteiger partial charge in [-0.05, 0) is 58.7 Å². The molecule has 2 aromatic rings. The Balaban J connectivity index is 1.61. The largest absolute Gasteiger partial charge is 0.352 e. The average molecular weight is 487 g/mol. The van der Waals surface area contributed by atoms with E-state index in [1.165, 1.54) is 51.4 Å². The van der Waals surface area contributed by atoms with Crippen LogP contribution in [0.1, 0.15) is 91.8 Å². The van der Waals surface area contributed by atoms with Gasteiger partial charge in [-0.15, -0.1) is 0 Å². The molecule has 2 rings (SSSR count). The normalized spacial score (nSPS) is 10.6. The van der Waals surface area contributed by atoms with E-state index in [4.69, 9.17) is 0 Å². The van der Waals surface area contributed by atoms with Crippen LogP contribution in [0.4, 0.5) is 5.69 Å². The standard InChI is InChI=1S/C26H35BrN2O2/c1-2-3-4-5-6-7-8-9-10-13-20-28-25(30)21-16-18-22(19-17-21)29-26(31)23-14-11-12-15-24(23)27/h11-12,14-19H,2-10,13,20H2,1H3,(H,28,30)(H,29,31). The van der Waals surface area contributed by atoms with Gasteiger partial charge in [0.2, 0.25) is 0 Å². The Kier molecular flexibility index (Phi) is 12.0. The van der Waals surface area contributed by atoms with Crippen LogP contribution in [0.5, 0.6) is 0 Å². The van der Waals surface area contributed by atoms with Crippen molar-refractivity contribution in [3.8, 4) is 0 Å². The third kappa shape index (κ3) is 9.69. The summed E-state index contributed by atoms with van der Waals surface area (Å²) < 4.78 is 0.746. The summed E-state index contributed by atoms with van der Waals surface area (Å²) in [6.07, 6.45) is 12.8. The molecule has 0 unspecified atom stereocenters. The van der Waals surface area contributed by atoms with Crippen molar-refractivity contribution in [1.82, 2.24) is 5.32 Å². The predicted molar refractivity (Wildman–Crippen MR) is 133 cm³/mol. The lowest BCUT2D eigenvalue weighted by Gasteiger charge is -2.08. The summed E-state index contributed by atoms with van der Waals surface area (Å²) in [5.74, 6) is -0.259. The fourth-order valence-electron chi connectivity index (χ4n) is 3.47. The van der Waals surface area contributed by atoms with Crippen LogP contribution >= 0.6 is 15.9 Å². The summed E-state index contributed by atoms with van der Waals surface area (Å²) in [4.78, 5) is 24.7. The number of hydrogen-bond donors (Lipinski definition) is 2. The van der Waals surface area contributed by atoms with Crippen LogP contribution in [0.25, 0.3) is 0 Å². The zero-order valence-electron chi connectivity index (χ0n) is 18.6. The van der Waals surface area contributed by atoms with E-state index in [1.807, 2.05) is 18.2 Å². The SMILES string of the molecule is CCCCCCCCCCCCNC(=O)c1ccc(NC(=O)c2ccccc2Br)cc1. The number of nitrogens with one attached hydrogen (secondary N) is 2. The highest BCUT2D eigenvalue weighted by Gasteiger charge is 2.10. The van der Waals surface area contributed by atoms with Gasteiger partial charge >= 0.3 is 0 Å². The second-order valence-electron chi connectivity index (χ2n) is 7.95. The molecule has 0 saturated heterocycles. The summed E-state index contributed by atoms with van der Waals surface area (Å²) in [6, 6.07) is 14.3. The number of rotatable bonds is 14. The first-order chi connectivity index (χ1) is 15.1. The van der Waals surface area contributed by atoms with Gasteiger partial charge in [0.15, 0.2) is 0 Å². The second kappa shape index (κ2) is 14.8. The van der Waals surface area contributed by atoms with Crippen LogP contribution in [0.15, 0.2) is 53.0 Å². The highest BCUT2D eigenvalue weighted by Crippen LogP contribution is 2.18. The third-order valence-corrected chi connectivity index (χ3v) is 6.03. The van der Waals surface area contributed by atoms with E-state index in [2.05, 4.69) is 33.5 Å². The summed E-state index contributed by atoms with van der Waals surface area (Å²) in [6.45, 7) is 2.95. The minimum atomic E-state index is -0.189. The van der Waals surface area contributed by atoms with E-state index in [9.17, 15) is 9.59 Å². The molecule has 0 spiro atoms. The molecule has 168 valence electrons. The summed E-state index contributed by atoms with van der Waals surface area (Å²) >= 11 is 3.39. The molecule has 0 aliphatic heterocycles. The van der Waals surface area contributed by atoms with Crippen molar-refractivity contribution >= 4 is 33.4 Å². The van der Waals surface area contributed by atoms with Gasteiger partial charge in [-0.2, -0.15) is 0 Å². The molecule has 0 saturated carbocycles. The lowest BCUT2D eigenvalue weighted by Crippen LogP contribution is -2.24. The minimum Gasteiger partial charge on any atom is -0.352 e. The first-order valence-corrected chi connectivity index (χ1v) is 12.3. The zero-order chi connectivity index (χ0) is 22.3. The van der Waals surface area contributed by atoms with Crippen molar-refractivity contribution < 1.29 is 9.59 Å². The van der Waals surface area contributed by atoms with E-state index < -0.39 is 0 Å². The number of unbranched alkanes of at least 4 members (excludes halogenated alkanes) is 9. The van der Waals surface area contributed by atoms with Gasteiger partial charge < -0.3 is 10.6 Å². The number of halogens is 1. The van der Waals surface area contributed by atoms with Crippen molar-refractivity contribution in [3.63, 3.8) is 0 Å². The van der Waals surface area contributed by atoms with Crippen molar-refractivity contribution in [3.05, 3.63) is 64.1 Å². The molecule has 0 bridgehead atoms.